The fraction of sp³-hybridized carbons (Fsp3) is 0.174. The van der Waals surface area contributed by atoms with Gasteiger partial charge < -0.3 is 14.2 Å². The number of oxazole rings is 1. The van der Waals surface area contributed by atoms with Crippen molar-refractivity contribution in [1.29, 1.82) is 5.26 Å². The number of rotatable bonds is 5. The summed E-state index contributed by atoms with van der Waals surface area (Å²) in [5.74, 6) is 0.478. The van der Waals surface area contributed by atoms with Crippen LogP contribution in [0.2, 0.25) is 5.02 Å². The van der Waals surface area contributed by atoms with E-state index < -0.39 is 4.92 Å². The van der Waals surface area contributed by atoms with Gasteiger partial charge in [-0.05, 0) is 35.9 Å². The lowest BCUT2D eigenvalue weighted by atomic mass is 10.1. The lowest BCUT2D eigenvalue weighted by Crippen LogP contribution is -2.48. The number of halogens is 1. The summed E-state index contributed by atoms with van der Waals surface area (Å²) in [5, 5.41) is 20.9. The SMILES string of the molecule is N#Cc1nc(/C=C/c2ccc(Cl)cc2)oc1N1CCN(C(=O)c2ccc([N+](=O)[O-])cc2)CC1. The number of aromatic nitrogens is 1. The molecule has 1 aromatic heterocycles. The van der Waals surface area contributed by atoms with Crippen LogP contribution in [-0.4, -0.2) is 46.9 Å². The molecular weight excluding hydrogens is 446 g/mol. The molecule has 0 saturated carbocycles. The Balaban J connectivity index is 1.42. The minimum atomic E-state index is -0.504. The number of anilines is 1. The average Bonchev–Trinajstić information content (AvgIpc) is 3.27. The third kappa shape index (κ3) is 5.02. The predicted molar refractivity (Wildman–Crippen MR) is 123 cm³/mol. The third-order valence-corrected chi connectivity index (χ3v) is 5.45. The summed E-state index contributed by atoms with van der Waals surface area (Å²) in [4.78, 5) is 30.8. The Morgan fingerprint density at radius 2 is 1.76 bits per heavy atom. The van der Waals surface area contributed by atoms with Gasteiger partial charge in [0.1, 0.15) is 6.07 Å². The largest absolute Gasteiger partial charge is 0.420 e. The van der Waals surface area contributed by atoms with Crippen molar-refractivity contribution in [3.05, 3.63) is 86.4 Å². The highest BCUT2D eigenvalue weighted by molar-refractivity contribution is 6.30. The fourth-order valence-electron chi connectivity index (χ4n) is 3.45. The van der Waals surface area contributed by atoms with Gasteiger partial charge in [0, 0.05) is 55.0 Å². The molecule has 1 aliphatic heterocycles. The van der Waals surface area contributed by atoms with E-state index in [0.29, 0.717) is 48.5 Å². The van der Waals surface area contributed by atoms with Gasteiger partial charge in [-0.15, -0.1) is 0 Å². The number of nitrogens with zero attached hydrogens (tertiary/aromatic N) is 5. The van der Waals surface area contributed by atoms with Crippen molar-refractivity contribution in [3.63, 3.8) is 0 Å². The number of carbonyl (C=O) groups is 1. The number of hydrogen-bond acceptors (Lipinski definition) is 7. The van der Waals surface area contributed by atoms with Crippen molar-refractivity contribution >= 4 is 41.2 Å². The van der Waals surface area contributed by atoms with Gasteiger partial charge in [0.05, 0.1) is 4.92 Å². The summed E-state index contributed by atoms with van der Waals surface area (Å²) in [6.07, 6.45) is 3.50. The summed E-state index contributed by atoms with van der Waals surface area (Å²) in [6.45, 7) is 1.75. The Morgan fingerprint density at radius 3 is 2.36 bits per heavy atom. The van der Waals surface area contributed by atoms with Crippen LogP contribution < -0.4 is 4.90 Å². The van der Waals surface area contributed by atoms with Crippen LogP contribution in [0.1, 0.15) is 27.5 Å². The number of nitro benzene ring substituents is 1. The zero-order valence-electron chi connectivity index (χ0n) is 17.3. The second-order valence-electron chi connectivity index (χ2n) is 7.29. The molecule has 1 aliphatic rings. The van der Waals surface area contributed by atoms with Gasteiger partial charge in [-0.3, -0.25) is 14.9 Å². The van der Waals surface area contributed by atoms with Crippen LogP contribution in [0.3, 0.4) is 0 Å². The Morgan fingerprint density at radius 1 is 1.09 bits per heavy atom. The number of piperazine rings is 1. The maximum absolute atomic E-state index is 12.7. The molecule has 166 valence electrons. The lowest BCUT2D eigenvalue weighted by molar-refractivity contribution is -0.384. The Bertz CT molecular complexity index is 1240. The molecular formula is C23H18ClN5O4. The third-order valence-electron chi connectivity index (χ3n) is 5.20. The van der Waals surface area contributed by atoms with E-state index >= 15 is 0 Å². The first-order valence-electron chi connectivity index (χ1n) is 10.1. The van der Waals surface area contributed by atoms with Crippen LogP contribution in [0, 0.1) is 21.4 Å². The molecule has 33 heavy (non-hydrogen) atoms. The van der Waals surface area contributed by atoms with E-state index in [2.05, 4.69) is 11.1 Å². The number of carbonyl (C=O) groups excluding carboxylic acids is 1. The zero-order valence-corrected chi connectivity index (χ0v) is 18.1. The van der Waals surface area contributed by atoms with E-state index in [4.69, 9.17) is 16.0 Å². The van der Waals surface area contributed by atoms with Crippen LogP contribution in [0.4, 0.5) is 11.6 Å². The zero-order chi connectivity index (χ0) is 23.4. The standard InChI is InChI=1S/C23H18ClN5O4/c24-18-6-1-16(2-7-18)3-10-21-26-20(15-25)23(33-21)28-13-11-27(12-14-28)22(30)17-4-8-19(9-5-17)29(31)32/h1-10H,11-14H2/b10-3+. The predicted octanol–water partition coefficient (Wildman–Crippen LogP) is 4.24. The number of hydrogen-bond donors (Lipinski definition) is 0. The Hall–Kier alpha value is -4.16. The molecule has 0 atom stereocenters. The molecule has 2 aromatic carbocycles. The normalized spacial score (nSPS) is 13.8. The molecule has 0 radical (unpaired) electrons. The van der Waals surface area contributed by atoms with Gasteiger partial charge in [0.25, 0.3) is 11.6 Å². The van der Waals surface area contributed by atoms with Gasteiger partial charge >= 0.3 is 0 Å². The van der Waals surface area contributed by atoms with Gasteiger partial charge in [0.15, 0.2) is 0 Å². The smallest absolute Gasteiger partial charge is 0.269 e. The molecule has 0 spiro atoms. The fourth-order valence-corrected chi connectivity index (χ4v) is 3.57. The second kappa shape index (κ2) is 9.54. The van der Waals surface area contributed by atoms with Crippen molar-refractivity contribution in [2.75, 3.05) is 31.1 Å². The monoisotopic (exact) mass is 463 g/mol. The molecule has 0 bridgehead atoms. The average molecular weight is 464 g/mol. The van der Waals surface area contributed by atoms with Crippen molar-refractivity contribution in [3.8, 4) is 6.07 Å². The van der Waals surface area contributed by atoms with Gasteiger partial charge in [-0.25, -0.2) is 0 Å². The molecule has 4 rings (SSSR count). The minimum absolute atomic E-state index is 0.0633. The topological polar surface area (TPSA) is 117 Å². The summed E-state index contributed by atoms with van der Waals surface area (Å²) in [7, 11) is 0. The quantitative estimate of drug-likeness (QED) is 0.410. The highest BCUT2D eigenvalue weighted by Crippen LogP contribution is 2.25. The molecule has 0 N–H and O–H groups in total. The van der Waals surface area contributed by atoms with Crippen molar-refractivity contribution < 1.29 is 14.1 Å². The number of nitriles is 1. The molecule has 9 nitrogen and oxygen atoms in total. The highest BCUT2D eigenvalue weighted by atomic mass is 35.5. The number of benzene rings is 2. The van der Waals surface area contributed by atoms with E-state index in [0.717, 1.165) is 5.56 Å². The van der Waals surface area contributed by atoms with Crippen molar-refractivity contribution in [2.24, 2.45) is 0 Å². The van der Waals surface area contributed by atoms with Gasteiger partial charge in [-0.1, -0.05) is 23.7 Å². The second-order valence-corrected chi connectivity index (χ2v) is 7.72. The number of amides is 1. The minimum Gasteiger partial charge on any atom is -0.420 e. The van der Waals surface area contributed by atoms with Crippen LogP contribution >= 0.6 is 11.6 Å². The highest BCUT2D eigenvalue weighted by Gasteiger charge is 2.26. The van der Waals surface area contributed by atoms with Crippen molar-refractivity contribution in [1.82, 2.24) is 9.88 Å². The summed E-state index contributed by atoms with van der Waals surface area (Å²) in [5.41, 5.74) is 1.42. The summed E-state index contributed by atoms with van der Waals surface area (Å²) in [6, 6.07) is 14.9. The molecule has 3 aromatic rings. The van der Waals surface area contributed by atoms with Crippen LogP contribution in [0.5, 0.6) is 0 Å². The van der Waals surface area contributed by atoms with Crippen LogP contribution in [0.15, 0.2) is 52.9 Å². The van der Waals surface area contributed by atoms with E-state index in [9.17, 15) is 20.2 Å². The first-order chi connectivity index (χ1) is 15.9. The summed E-state index contributed by atoms with van der Waals surface area (Å²) >= 11 is 5.89. The Labute approximate surface area is 194 Å². The van der Waals surface area contributed by atoms with Gasteiger partial charge in [-0.2, -0.15) is 10.2 Å². The van der Waals surface area contributed by atoms with Crippen LogP contribution in [0.25, 0.3) is 12.2 Å². The van der Waals surface area contributed by atoms with E-state index in [1.165, 1.54) is 24.3 Å². The number of nitro groups is 1. The van der Waals surface area contributed by atoms with Crippen LogP contribution in [-0.2, 0) is 0 Å². The molecule has 0 aliphatic carbocycles. The van der Waals surface area contributed by atoms with E-state index in [1.54, 1.807) is 23.1 Å². The number of non-ortho nitro benzene ring substituents is 1. The molecule has 2 heterocycles. The molecule has 0 unspecified atom stereocenters. The van der Waals surface area contributed by atoms with E-state index in [-0.39, 0.29) is 17.3 Å². The van der Waals surface area contributed by atoms with Gasteiger partial charge in [0.2, 0.25) is 17.5 Å². The first kappa shape index (κ1) is 22.0. The molecule has 1 amide bonds. The summed E-state index contributed by atoms with van der Waals surface area (Å²) < 4.78 is 5.82. The van der Waals surface area contributed by atoms with Crippen molar-refractivity contribution in [2.45, 2.75) is 0 Å². The molecule has 10 heteroatoms. The maximum Gasteiger partial charge on any atom is 0.269 e. The maximum atomic E-state index is 12.7. The van der Waals surface area contributed by atoms with E-state index in [1.807, 2.05) is 23.1 Å². The molecule has 1 fully saturated rings. The first-order valence-corrected chi connectivity index (χ1v) is 10.5. The lowest BCUT2D eigenvalue weighted by Gasteiger charge is -2.34. The molecule has 1 saturated heterocycles. The Kier molecular flexibility index (Phi) is 6.38.